The molecule has 2 aromatic rings. The number of likely N-dealkylation sites (tertiary alicyclic amines) is 1. The van der Waals surface area contributed by atoms with Gasteiger partial charge in [0.25, 0.3) is 0 Å². The van der Waals surface area contributed by atoms with Crippen LogP contribution in [0.5, 0.6) is 5.75 Å². The molecule has 178 valence electrons. The van der Waals surface area contributed by atoms with Crippen LogP contribution in [0.15, 0.2) is 59.7 Å². The zero-order valence-corrected chi connectivity index (χ0v) is 19.4. The van der Waals surface area contributed by atoms with Crippen molar-refractivity contribution < 1.29 is 19.1 Å². The van der Waals surface area contributed by atoms with E-state index < -0.39 is 0 Å². The maximum absolute atomic E-state index is 13.1. The number of rotatable bonds is 8. The number of carbonyl (C=O) groups excluding carboxylic acids is 3. The van der Waals surface area contributed by atoms with E-state index in [4.69, 9.17) is 4.74 Å². The summed E-state index contributed by atoms with van der Waals surface area (Å²) in [6.07, 6.45) is 2.62. The first-order valence-corrected chi connectivity index (χ1v) is 11.7. The van der Waals surface area contributed by atoms with E-state index in [0.29, 0.717) is 6.42 Å². The Hall–Kier alpha value is -3.68. The summed E-state index contributed by atoms with van der Waals surface area (Å²) in [5, 5.41) is 8.78. The van der Waals surface area contributed by atoms with Crippen molar-refractivity contribution in [3.8, 4) is 5.75 Å². The summed E-state index contributed by atoms with van der Waals surface area (Å²) in [6.45, 7) is 1.47. The highest BCUT2D eigenvalue weighted by molar-refractivity contribution is 6.03. The van der Waals surface area contributed by atoms with Crippen molar-refractivity contribution in [2.24, 2.45) is 5.10 Å². The molecule has 1 saturated heterocycles. The lowest BCUT2D eigenvalue weighted by molar-refractivity contribution is -0.135. The maximum Gasteiger partial charge on any atom is 0.243 e. The van der Waals surface area contributed by atoms with Gasteiger partial charge in [0.1, 0.15) is 5.75 Å². The zero-order chi connectivity index (χ0) is 23.9. The second-order valence-electron chi connectivity index (χ2n) is 8.51. The van der Waals surface area contributed by atoms with E-state index in [9.17, 15) is 14.4 Å². The second kappa shape index (κ2) is 11.0. The Morgan fingerprint density at radius 2 is 1.68 bits per heavy atom. The molecule has 8 nitrogen and oxygen atoms in total. The summed E-state index contributed by atoms with van der Waals surface area (Å²) >= 11 is 0. The first kappa shape index (κ1) is 23.5. The second-order valence-corrected chi connectivity index (χ2v) is 8.51. The van der Waals surface area contributed by atoms with Gasteiger partial charge in [-0.25, -0.2) is 5.01 Å². The van der Waals surface area contributed by atoms with Crippen molar-refractivity contribution in [2.75, 3.05) is 26.7 Å². The van der Waals surface area contributed by atoms with Crippen molar-refractivity contribution in [2.45, 2.75) is 38.1 Å². The molecule has 2 aliphatic heterocycles. The third-order valence-electron chi connectivity index (χ3n) is 6.23. The Morgan fingerprint density at radius 1 is 0.971 bits per heavy atom. The largest absolute Gasteiger partial charge is 0.497 e. The molecule has 2 aliphatic rings. The summed E-state index contributed by atoms with van der Waals surface area (Å²) in [4.78, 5) is 39.3. The van der Waals surface area contributed by atoms with Crippen molar-refractivity contribution in [1.29, 1.82) is 0 Å². The monoisotopic (exact) mass is 462 g/mol. The van der Waals surface area contributed by atoms with E-state index in [-0.39, 0.29) is 43.1 Å². The quantitative estimate of drug-likeness (QED) is 0.653. The summed E-state index contributed by atoms with van der Waals surface area (Å²) in [5.74, 6) is 0.124. The number of nitrogens with zero attached hydrogens (tertiary/aromatic N) is 3. The summed E-state index contributed by atoms with van der Waals surface area (Å²) in [5.41, 5.74) is 2.74. The molecule has 0 aliphatic carbocycles. The van der Waals surface area contributed by atoms with Crippen LogP contribution >= 0.6 is 0 Å². The SMILES string of the molecule is COc1ccc(C2CC(c3ccccc3)=NN2C(=O)CCC(=O)NCC(=O)N2CCCC2)cc1. The van der Waals surface area contributed by atoms with Crippen LogP contribution in [0.4, 0.5) is 0 Å². The standard InChI is InChI=1S/C26H30N4O4/c1-34-21-11-9-20(10-12-21)23-17-22(19-7-3-2-4-8-19)28-30(23)25(32)14-13-24(31)27-18-26(33)29-15-5-6-16-29/h2-4,7-12,23H,5-6,13-18H2,1H3,(H,27,31). The molecule has 1 fully saturated rings. The van der Waals surface area contributed by atoms with Gasteiger partial charge in [-0.05, 0) is 36.1 Å². The molecule has 0 aromatic heterocycles. The molecule has 4 rings (SSSR count). The highest BCUT2D eigenvalue weighted by Crippen LogP contribution is 2.34. The highest BCUT2D eigenvalue weighted by atomic mass is 16.5. The lowest BCUT2D eigenvalue weighted by Gasteiger charge is -2.22. The smallest absolute Gasteiger partial charge is 0.243 e. The van der Waals surface area contributed by atoms with Crippen LogP contribution in [0.25, 0.3) is 0 Å². The molecule has 2 aromatic carbocycles. The molecular weight excluding hydrogens is 432 g/mol. The van der Waals surface area contributed by atoms with Gasteiger partial charge in [-0.3, -0.25) is 14.4 Å². The van der Waals surface area contributed by atoms with E-state index in [1.165, 1.54) is 5.01 Å². The molecule has 2 heterocycles. The predicted molar refractivity (Wildman–Crippen MR) is 128 cm³/mol. The number of methoxy groups -OCH3 is 1. The highest BCUT2D eigenvalue weighted by Gasteiger charge is 2.33. The van der Waals surface area contributed by atoms with Crippen molar-refractivity contribution in [1.82, 2.24) is 15.2 Å². The number of hydrazone groups is 1. The lowest BCUT2D eigenvalue weighted by Crippen LogP contribution is -2.39. The molecule has 3 amide bonds. The number of carbonyl (C=O) groups is 3. The van der Waals surface area contributed by atoms with Gasteiger partial charge in [-0.2, -0.15) is 5.10 Å². The summed E-state index contributed by atoms with van der Waals surface area (Å²) in [7, 11) is 1.61. The van der Waals surface area contributed by atoms with Gasteiger partial charge in [-0.1, -0.05) is 42.5 Å². The fourth-order valence-corrected chi connectivity index (χ4v) is 4.31. The zero-order valence-electron chi connectivity index (χ0n) is 19.4. The topological polar surface area (TPSA) is 91.3 Å². The Balaban J connectivity index is 1.40. The van der Waals surface area contributed by atoms with Gasteiger partial charge in [0, 0.05) is 32.4 Å². The van der Waals surface area contributed by atoms with Crippen molar-refractivity contribution in [3.05, 3.63) is 65.7 Å². The van der Waals surface area contributed by atoms with Crippen LogP contribution < -0.4 is 10.1 Å². The maximum atomic E-state index is 13.1. The van der Waals surface area contributed by atoms with Crippen LogP contribution in [0.1, 0.15) is 49.3 Å². The molecule has 0 saturated carbocycles. The molecule has 1 N–H and O–H groups in total. The van der Waals surface area contributed by atoms with Crippen LogP contribution in [0.3, 0.4) is 0 Å². The summed E-state index contributed by atoms with van der Waals surface area (Å²) < 4.78 is 5.25. The van der Waals surface area contributed by atoms with Gasteiger partial charge in [0.15, 0.2) is 0 Å². The third-order valence-corrected chi connectivity index (χ3v) is 6.23. The van der Waals surface area contributed by atoms with Gasteiger partial charge in [0.2, 0.25) is 17.7 Å². The Labute approximate surface area is 199 Å². The Bertz CT molecular complexity index is 1050. The molecular formula is C26H30N4O4. The molecule has 1 unspecified atom stereocenters. The Kier molecular flexibility index (Phi) is 7.57. The summed E-state index contributed by atoms with van der Waals surface area (Å²) in [6, 6.07) is 17.1. The Morgan fingerprint density at radius 3 is 2.35 bits per heavy atom. The molecule has 0 radical (unpaired) electrons. The number of nitrogens with one attached hydrogen (secondary N) is 1. The van der Waals surface area contributed by atoms with E-state index in [0.717, 1.165) is 48.5 Å². The van der Waals surface area contributed by atoms with E-state index in [2.05, 4.69) is 10.4 Å². The number of amides is 3. The number of benzene rings is 2. The van der Waals surface area contributed by atoms with Gasteiger partial charge in [0.05, 0.1) is 25.4 Å². The van der Waals surface area contributed by atoms with Crippen LogP contribution in [-0.4, -0.2) is 60.1 Å². The van der Waals surface area contributed by atoms with E-state index >= 15 is 0 Å². The van der Waals surface area contributed by atoms with Gasteiger partial charge in [-0.15, -0.1) is 0 Å². The normalized spacial score (nSPS) is 17.4. The fourth-order valence-electron chi connectivity index (χ4n) is 4.31. The molecule has 0 spiro atoms. The van der Waals surface area contributed by atoms with Crippen molar-refractivity contribution in [3.63, 3.8) is 0 Å². The minimum Gasteiger partial charge on any atom is -0.497 e. The fraction of sp³-hybridized carbons (Fsp3) is 0.385. The van der Waals surface area contributed by atoms with E-state index in [1.54, 1.807) is 12.0 Å². The average Bonchev–Trinajstić information content (AvgIpc) is 3.57. The van der Waals surface area contributed by atoms with Crippen LogP contribution in [-0.2, 0) is 14.4 Å². The van der Waals surface area contributed by atoms with Crippen molar-refractivity contribution >= 4 is 23.4 Å². The number of hydrogen-bond acceptors (Lipinski definition) is 5. The number of ether oxygens (including phenoxy) is 1. The van der Waals surface area contributed by atoms with Crippen LogP contribution in [0, 0.1) is 0 Å². The minimum atomic E-state index is -0.312. The minimum absolute atomic E-state index is 0.00807. The molecule has 1 atom stereocenters. The molecule has 0 bridgehead atoms. The molecule has 34 heavy (non-hydrogen) atoms. The first-order valence-electron chi connectivity index (χ1n) is 11.7. The first-order chi connectivity index (χ1) is 16.5. The van der Waals surface area contributed by atoms with Crippen LogP contribution in [0.2, 0.25) is 0 Å². The number of hydrogen-bond donors (Lipinski definition) is 1. The lowest BCUT2D eigenvalue weighted by atomic mass is 9.98. The predicted octanol–water partition coefficient (Wildman–Crippen LogP) is 2.89. The van der Waals surface area contributed by atoms with Gasteiger partial charge < -0.3 is 15.0 Å². The van der Waals surface area contributed by atoms with E-state index in [1.807, 2.05) is 54.6 Å². The third kappa shape index (κ3) is 5.62. The average molecular weight is 463 g/mol. The molecule has 8 heteroatoms. The van der Waals surface area contributed by atoms with Gasteiger partial charge >= 0.3 is 0 Å².